The summed E-state index contributed by atoms with van der Waals surface area (Å²) in [6.07, 6.45) is -0.733. The molecular weight excluding hydrogens is 261 g/mol. The lowest BCUT2D eigenvalue weighted by atomic mass is 10.1. The highest BCUT2D eigenvalue weighted by atomic mass is 19.1. The summed E-state index contributed by atoms with van der Waals surface area (Å²) in [4.78, 5) is 4.20. The molecule has 20 heavy (non-hydrogen) atoms. The zero-order valence-electron chi connectivity index (χ0n) is 11.3. The highest BCUT2D eigenvalue weighted by molar-refractivity contribution is 5.35. The largest absolute Gasteiger partial charge is 0.487 e. The van der Waals surface area contributed by atoms with Gasteiger partial charge in [-0.2, -0.15) is 0 Å². The fourth-order valence-corrected chi connectivity index (χ4v) is 1.78. The van der Waals surface area contributed by atoms with Crippen LogP contribution < -0.4 is 9.47 Å². The van der Waals surface area contributed by atoms with E-state index < -0.39 is 11.9 Å². The highest BCUT2D eigenvalue weighted by Gasteiger charge is 2.11. The van der Waals surface area contributed by atoms with E-state index in [2.05, 4.69) is 4.98 Å². The summed E-state index contributed by atoms with van der Waals surface area (Å²) in [6, 6.07) is 9.36. The number of ether oxygens (including phenoxy) is 2. The van der Waals surface area contributed by atoms with Gasteiger partial charge in [-0.3, -0.25) is 0 Å². The Morgan fingerprint density at radius 1 is 1.30 bits per heavy atom. The van der Waals surface area contributed by atoms with E-state index >= 15 is 0 Å². The predicted molar refractivity (Wildman–Crippen MR) is 72.2 cm³/mol. The third-order valence-corrected chi connectivity index (χ3v) is 2.79. The van der Waals surface area contributed by atoms with Gasteiger partial charge in [0.15, 0.2) is 0 Å². The second-order valence-electron chi connectivity index (χ2n) is 4.32. The summed E-state index contributed by atoms with van der Waals surface area (Å²) < 4.78 is 23.8. The van der Waals surface area contributed by atoms with Crippen LogP contribution in [0.4, 0.5) is 4.39 Å². The zero-order chi connectivity index (χ0) is 14.5. The van der Waals surface area contributed by atoms with E-state index in [0.29, 0.717) is 22.9 Å². The average Bonchev–Trinajstić information content (AvgIpc) is 2.45. The number of pyridine rings is 1. The summed E-state index contributed by atoms with van der Waals surface area (Å²) in [5, 5.41) is 9.64. The first-order chi connectivity index (χ1) is 9.60. The van der Waals surface area contributed by atoms with Gasteiger partial charge in [0, 0.05) is 17.7 Å². The van der Waals surface area contributed by atoms with Crippen molar-refractivity contribution in [2.75, 3.05) is 7.11 Å². The molecule has 1 heterocycles. The van der Waals surface area contributed by atoms with E-state index in [9.17, 15) is 9.50 Å². The van der Waals surface area contributed by atoms with Crippen LogP contribution in [0.5, 0.6) is 11.6 Å². The van der Waals surface area contributed by atoms with Crippen LogP contribution in [-0.4, -0.2) is 17.2 Å². The molecule has 1 aromatic carbocycles. The molecule has 0 radical (unpaired) electrons. The molecule has 0 amide bonds. The maximum absolute atomic E-state index is 13.3. The van der Waals surface area contributed by atoms with Crippen molar-refractivity contribution in [2.45, 2.75) is 19.6 Å². The molecule has 0 aliphatic heterocycles. The van der Waals surface area contributed by atoms with Crippen molar-refractivity contribution >= 4 is 0 Å². The first-order valence-electron chi connectivity index (χ1n) is 6.20. The first-order valence-corrected chi connectivity index (χ1v) is 6.20. The molecule has 2 aromatic rings. The Morgan fingerprint density at radius 3 is 2.80 bits per heavy atom. The summed E-state index contributed by atoms with van der Waals surface area (Å²) in [6.45, 7) is 1.77. The SMILES string of the molecule is COc1cccc(COc2cc(F)ccc2[C@H](C)O)n1. The van der Waals surface area contributed by atoms with Crippen LogP contribution in [0, 0.1) is 5.82 Å². The van der Waals surface area contributed by atoms with Gasteiger partial charge in [0.2, 0.25) is 5.88 Å². The molecule has 1 aromatic heterocycles. The van der Waals surface area contributed by atoms with E-state index in [1.807, 2.05) is 0 Å². The Morgan fingerprint density at radius 2 is 2.10 bits per heavy atom. The topological polar surface area (TPSA) is 51.6 Å². The molecule has 5 heteroatoms. The van der Waals surface area contributed by atoms with E-state index in [-0.39, 0.29) is 6.61 Å². The summed E-state index contributed by atoms with van der Waals surface area (Å²) in [5.41, 5.74) is 1.19. The minimum absolute atomic E-state index is 0.167. The molecule has 0 saturated carbocycles. The predicted octanol–water partition coefficient (Wildman–Crippen LogP) is 2.86. The summed E-state index contributed by atoms with van der Waals surface area (Å²) >= 11 is 0. The molecule has 0 spiro atoms. The van der Waals surface area contributed by atoms with Crippen molar-refractivity contribution in [3.05, 3.63) is 53.5 Å². The number of nitrogens with zero attached hydrogens (tertiary/aromatic N) is 1. The quantitative estimate of drug-likeness (QED) is 0.913. The number of benzene rings is 1. The van der Waals surface area contributed by atoms with E-state index in [0.717, 1.165) is 0 Å². The molecule has 0 aliphatic rings. The Hall–Kier alpha value is -2.14. The summed E-state index contributed by atoms with van der Waals surface area (Å²) in [5.74, 6) is 0.383. The van der Waals surface area contributed by atoms with Crippen molar-refractivity contribution in [1.29, 1.82) is 0 Å². The number of aliphatic hydroxyl groups excluding tert-OH is 1. The molecule has 1 atom stereocenters. The lowest BCUT2D eigenvalue weighted by Gasteiger charge is -2.13. The molecule has 0 fully saturated rings. The lowest BCUT2D eigenvalue weighted by molar-refractivity contribution is 0.189. The smallest absolute Gasteiger partial charge is 0.213 e. The number of hydrogen-bond acceptors (Lipinski definition) is 4. The standard InChI is InChI=1S/C15H16FNO3/c1-10(18)13-7-6-11(16)8-14(13)20-9-12-4-3-5-15(17-12)19-2/h3-8,10,18H,9H2,1-2H3/t10-/m0/s1. The molecule has 0 saturated heterocycles. The normalized spacial score (nSPS) is 12.0. The van der Waals surface area contributed by atoms with Gasteiger partial charge >= 0.3 is 0 Å². The summed E-state index contributed by atoms with van der Waals surface area (Å²) in [7, 11) is 1.53. The average molecular weight is 277 g/mol. The monoisotopic (exact) mass is 277 g/mol. The highest BCUT2D eigenvalue weighted by Crippen LogP contribution is 2.26. The minimum Gasteiger partial charge on any atom is -0.487 e. The van der Waals surface area contributed by atoms with E-state index in [4.69, 9.17) is 9.47 Å². The fourth-order valence-electron chi connectivity index (χ4n) is 1.78. The Balaban J connectivity index is 2.15. The number of halogens is 1. The van der Waals surface area contributed by atoms with Gasteiger partial charge in [-0.25, -0.2) is 9.37 Å². The minimum atomic E-state index is -0.733. The molecule has 0 bridgehead atoms. The van der Waals surface area contributed by atoms with Gasteiger partial charge in [-0.15, -0.1) is 0 Å². The van der Waals surface area contributed by atoms with Crippen molar-refractivity contribution in [3.8, 4) is 11.6 Å². The number of hydrogen-bond donors (Lipinski definition) is 1. The van der Waals surface area contributed by atoms with Gasteiger partial charge < -0.3 is 14.6 Å². The number of aliphatic hydroxyl groups is 1. The third kappa shape index (κ3) is 3.45. The maximum Gasteiger partial charge on any atom is 0.213 e. The molecular formula is C15H16FNO3. The maximum atomic E-state index is 13.3. The van der Waals surface area contributed by atoms with Crippen molar-refractivity contribution < 1.29 is 19.0 Å². The lowest BCUT2D eigenvalue weighted by Crippen LogP contribution is -2.03. The van der Waals surface area contributed by atoms with Crippen LogP contribution in [0.2, 0.25) is 0 Å². The molecule has 1 N–H and O–H groups in total. The van der Waals surface area contributed by atoms with Crippen molar-refractivity contribution in [1.82, 2.24) is 4.98 Å². The molecule has 2 rings (SSSR count). The Bertz CT molecular complexity index is 587. The first kappa shape index (κ1) is 14.3. The Labute approximate surface area is 116 Å². The molecule has 0 unspecified atom stereocenters. The second kappa shape index (κ2) is 6.34. The molecule has 106 valence electrons. The van der Waals surface area contributed by atoms with Crippen LogP contribution in [-0.2, 0) is 6.61 Å². The van der Waals surface area contributed by atoms with E-state index in [1.165, 1.54) is 25.3 Å². The zero-order valence-corrected chi connectivity index (χ0v) is 11.3. The van der Waals surface area contributed by atoms with Gasteiger partial charge in [-0.1, -0.05) is 6.07 Å². The van der Waals surface area contributed by atoms with Crippen LogP contribution in [0.15, 0.2) is 36.4 Å². The third-order valence-electron chi connectivity index (χ3n) is 2.79. The van der Waals surface area contributed by atoms with Gasteiger partial charge in [0.05, 0.1) is 18.9 Å². The van der Waals surface area contributed by atoms with Gasteiger partial charge in [0.1, 0.15) is 18.2 Å². The number of rotatable bonds is 5. The van der Waals surface area contributed by atoms with Crippen LogP contribution in [0.25, 0.3) is 0 Å². The molecule has 4 nitrogen and oxygen atoms in total. The van der Waals surface area contributed by atoms with Crippen LogP contribution >= 0.6 is 0 Å². The van der Waals surface area contributed by atoms with Gasteiger partial charge in [-0.05, 0) is 25.1 Å². The second-order valence-corrected chi connectivity index (χ2v) is 4.32. The van der Waals surface area contributed by atoms with Crippen LogP contribution in [0.1, 0.15) is 24.3 Å². The van der Waals surface area contributed by atoms with Crippen LogP contribution in [0.3, 0.4) is 0 Å². The van der Waals surface area contributed by atoms with E-state index in [1.54, 1.807) is 25.1 Å². The number of methoxy groups -OCH3 is 1. The van der Waals surface area contributed by atoms with Crippen molar-refractivity contribution in [2.24, 2.45) is 0 Å². The fraction of sp³-hybridized carbons (Fsp3) is 0.267. The molecule has 0 aliphatic carbocycles. The van der Waals surface area contributed by atoms with Crippen molar-refractivity contribution in [3.63, 3.8) is 0 Å². The van der Waals surface area contributed by atoms with Gasteiger partial charge in [0.25, 0.3) is 0 Å². The Kier molecular flexibility index (Phi) is 4.53. The number of aromatic nitrogens is 1.